The Bertz CT molecular complexity index is 720. The molecule has 0 fully saturated rings. The monoisotopic (exact) mass is 258 g/mol. The lowest BCUT2D eigenvalue weighted by Gasteiger charge is -1.94. The molecule has 19 heavy (non-hydrogen) atoms. The molecule has 94 valence electrons. The predicted molar refractivity (Wildman–Crippen MR) is 61.8 cm³/mol. The van der Waals surface area contributed by atoms with E-state index in [4.69, 9.17) is 4.52 Å². The maximum Gasteiger partial charge on any atom is 0.270 e. The lowest BCUT2D eigenvalue weighted by atomic mass is 10.1. The summed E-state index contributed by atoms with van der Waals surface area (Å²) < 4.78 is 5.11. The number of non-ortho nitro benzene ring substituents is 1. The maximum atomic E-state index is 10.7. The average molecular weight is 258 g/mol. The minimum Gasteiger partial charge on any atom is -0.356 e. The molecule has 0 amide bonds. The zero-order valence-corrected chi connectivity index (χ0v) is 9.35. The number of aromatic amines is 1. The van der Waals surface area contributed by atoms with Crippen LogP contribution in [-0.4, -0.2) is 30.7 Å². The molecule has 0 aliphatic heterocycles. The average Bonchev–Trinajstić information content (AvgIpc) is 3.09. The summed E-state index contributed by atoms with van der Waals surface area (Å²) in [5, 5.41) is 27.7. The van der Waals surface area contributed by atoms with Gasteiger partial charge in [-0.2, -0.15) is 5.21 Å². The van der Waals surface area contributed by atoms with Crippen LogP contribution >= 0.6 is 0 Å². The van der Waals surface area contributed by atoms with E-state index in [1.807, 2.05) is 0 Å². The van der Waals surface area contributed by atoms with Gasteiger partial charge in [0.1, 0.15) is 0 Å². The number of nitrogens with zero attached hydrogens (tertiary/aromatic N) is 5. The van der Waals surface area contributed by atoms with Crippen molar-refractivity contribution >= 4 is 5.69 Å². The van der Waals surface area contributed by atoms with Gasteiger partial charge in [0, 0.05) is 23.8 Å². The van der Waals surface area contributed by atoms with Gasteiger partial charge in [-0.05, 0) is 5.21 Å². The van der Waals surface area contributed by atoms with Crippen LogP contribution in [0.2, 0.25) is 0 Å². The summed E-state index contributed by atoms with van der Waals surface area (Å²) in [5.74, 6) is 0.684. The molecule has 0 atom stereocenters. The van der Waals surface area contributed by atoms with Crippen LogP contribution in [0.5, 0.6) is 0 Å². The molecule has 0 bridgehead atoms. The van der Waals surface area contributed by atoms with Crippen molar-refractivity contribution in [1.29, 1.82) is 0 Å². The Hall–Kier alpha value is -3.10. The summed E-state index contributed by atoms with van der Waals surface area (Å²) >= 11 is 0. The van der Waals surface area contributed by atoms with Crippen molar-refractivity contribution in [3.05, 3.63) is 40.4 Å². The molecule has 0 radical (unpaired) electrons. The number of aromatic nitrogens is 5. The fourth-order valence-corrected chi connectivity index (χ4v) is 1.56. The summed E-state index contributed by atoms with van der Waals surface area (Å²) in [5.41, 5.74) is 0.932. The SMILES string of the molecule is O=[N+]([O-])c1cccc(-c2cc(-c3nn[nH]n3)no2)c1. The van der Waals surface area contributed by atoms with Crippen LogP contribution in [-0.2, 0) is 0 Å². The molecule has 3 aromatic rings. The van der Waals surface area contributed by atoms with Crippen LogP contribution in [0.15, 0.2) is 34.9 Å². The first kappa shape index (κ1) is 11.0. The fourth-order valence-electron chi connectivity index (χ4n) is 1.56. The molecule has 3 rings (SSSR count). The van der Waals surface area contributed by atoms with E-state index in [1.165, 1.54) is 12.1 Å². The predicted octanol–water partition coefficient (Wildman–Crippen LogP) is 1.43. The lowest BCUT2D eigenvalue weighted by Crippen LogP contribution is -1.87. The highest BCUT2D eigenvalue weighted by atomic mass is 16.6. The van der Waals surface area contributed by atoms with Gasteiger partial charge in [-0.1, -0.05) is 17.3 Å². The van der Waals surface area contributed by atoms with Gasteiger partial charge in [-0.25, -0.2) is 0 Å². The quantitative estimate of drug-likeness (QED) is 0.556. The number of benzene rings is 1. The number of rotatable bonds is 3. The van der Waals surface area contributed by atoms with Crippen LogP contribution in [0.1, 0.15) is 0 Å². The van der Waals surface area contributed by atoms with Crippen LogP contribution in [0.4, 0.5) is 5.69 Å². The van der Waals surface area contributed by atoms with E-state index in [1.54, 1.807) is 18.2 Å². The number of H-pyrrole nitrogens is 1. The molecule has 0 saturated heterocycles. The smallest absolute Gasteiger partial charge is 0.270 e. The van der Waals surface area contributed by atoms with E-state index in [0.717, 1.165) is 0 Å². The second kappa shape index (κ2) is 4.29. The Kier molecular flexibility index (Phi) is 2.49. The van der Waals surface area contributed by atoms with Crippen molar-refractivity contribution in [3.63, 3.8) is 0 Å². The second-order valence-corrected chi connectivity index (χ2v) is 3.62. The molecule has 2 heterocycles. The third-order valence-corrected chi connectivity index (χ3v) is 2.43. The zero-order valence-electron chi connectivity index (χ0n) is 9.35. The Labute approximate surface area is 105 Å². The molecule has 0 aliphatic carbocycles. The minimum atomic E-state index is -0.472. The first-order valence-corrected chi connectivity index (χ1v) is 5.19. The topological polar surface area (TPSA) is 124 Å². The van der Waals surface area contributed by atoms with Crippen molar-refractivity contribution < 1.29 is 9.45 Å². The molecule has 9 heteroatoms. The standard InChI is InChI=1S/C10H6N6O3/c17-16(18)7-3-1-2-6(4-7)9-5-8(13-19-9)10-11-14-15-12-10/h1-5H,(H,11,12,14,15). The summed E-state index contributed by atoms with van der Waals surface area (Å²) in [6.45, 7) is 0. The van der Waals surface area contributed by atoms with Crippen molar-refractivity contribution in [2.24, 2.45) is 0 Å². The van der Waals surface area contributed by atoms with Gasteiger partial charge < -0.3 is 4.52 Å². The summed E-state index contributed by atoms with van der Waals surface area (Å²) in [7, 11) is 0. The third kappa shape index (κ3) is 2.04. The van der Waals surface area contributed by atoms with E-state index >= 15 is 0 Å². The molecule has 0 spiro atoms. The van der Waals surface area contributed by atoms with E-state index in [0.29, 0.717) is 22.8 Å². The van der Waals surface area contributed by atoms with Crippen molar-refractivity contribution in [2.45, 2.75) is 0 Å². The number of tetrazole rings is 1. The summed E-state index contributed by atoms with van der Waals surface area (Å²) in [4.78, 5) is 10.2. The fraction of sp³-hybridized carbons (Fsp3) is 0. The highest BCUT2D eigenvalue weighted by molar-refractivity contribution is 5.65. The van der Waals surface area contributed by atoms with Crippen molar-refractivity contribution in [1.82, 2.24) is 25.8 Å². The third-order valence-electron chi connectivity index (χ3n) is 2.43. The number of nitro groups is 1. The van der Waals surface area contributed by atoms with Crippen molar-refractivity contribution in [2.75, 3.05) is 0 Å². The normalized spacial score (nSPS) is 10.5. The van der Waals surface area contributed by atoms with E-state index in [2.05, 4.69) is 25.8 Å². The van der Waals surface area contributed by atoms with Gasteiger partial charge in [-0.3, -0.25) is 10.1 Å². The van der Waals surface area contributed by atoms with Gasteiger partial charge in [0.25, 0.3) is 5.69 Å². The van der Waals surface area contributed by atoms with Crippen molar-refractivity contribution in [3.8, 4) is 22.8 Å². The molecular formula is C10H6N6O3. The highest BCUT2D eigenvalue weighted by Crippen LogP contribution is 2.26. The molecule has 1 aromatic carbocycles. The molecule has 0 aliphatic rings. The van der Waals surface area contributed by atoms with Gasteiger partial charge in [0.05, 0.1) is 4.92 Å². The molecular weight excluding hydrogens is 252 g/mol. The van der Waals surface area contributed by atoms with Gasteiger partial charge in [0.2, 0.25) is 5.82 Å². The Morgan fingerprint density at radius 2 is 2.21 bits per heavy atom. The van der Waals surface area contributed by atoms with Crippen LogP contribution in [0.3, 0.4) is 0 Å². The second-order valence-electron chi connectivity index (χ2n) is 3.62. The summed E-state index contributed by atoms with van der Waals surface area (Å²) in [6, 6.07) is 7.65. The number of hydrogen-bond donors (Lipinski definition) is 1. The highest BCUT2D eigenvalue weighted by Gasteiger charge is 2.14. The van der Waals surface area contributed by atoms with Gasteiger partial charge in [0.15, 0.2) is 11.5 Å². The first-order valence-electron chi connectivity index (χ1n) is 5.19. The number of hydrogen-bond acceptors (Lipinski definition) is 7. The van der Waals surface area contributed by atoms with Crippen LogP contribution < -0.4 is 0 Å². The Morgan fingerprint density at radius 1 is 1.32 bits per heavy atom. The summed E-state index contributed by atoms with van der Waals surface area (Å²) in [6.07, 6.45) is 0. The molecule has 0 saturated carbocycles. The number of nitro benzene ring substituents is 1. The largest absolute Gasteiger partial charge is 0.356 e. The van der Waals surface area contributed by atoms with Crippen LogP contribution in [0.25, 0.3) is 22.8 Å². The molecule has 9 nitrogen and oxygen atoms in total. The Morgan fingerprint density at radius 3 is 2.95 bits per heavy atom. The first-order chi connectivity index (χ1) is 9.24. The van der Waals surface area contributed by atoms with Gasteiger partial charge in [-0.15, -0.1) is 10.2 Å². The van der Waals surface area contributed by atoms with Crippen LogP contribution in [0, 0.1) is 10.1 Å². The van der Waals surface area contributed by atoms with E-state index < -0.39 is 4.92 Å². The number of nitrogens with one attached hydrogen (secondary N) is 1. The molecule has 1 N–H and O–H groups in total. The maximum absolute atomic E-state index is 10.7. The molecule has 2 aromatic heterocycles. The van der Waals surface area contributed by atoms with E-state index in [9.17, 15) is 10.1 Å². The molecule has 0 unspecified atom stereocenters. The zero-order chi connectivity index (χ0) is 13.2. The van der Waals surface area contributed by atoms with E-state index in [-0.39, 0.29) is 5.69 Å². The van der Waals surface area contributed by atoms with Gasteiger partial charge >= 0.3 is 0 Å². The minimum absolute atomic E-state index is 0.0185. The lowest BCUT2D eigenvalue weighted by molar-refractivity contribution is -0.384. The Balaban J connectivity index is 1.99.